The van der Waals surface area contributed by atoms with Crippen LogP contribution in [0.3, 0.4) is 0 Å². The molecule has 0 heterocycles. The van der Waals surface area contributed by atoms with Gasteiger partial charge in [-0.3, -0.25) is 4.55 Å². The summed E-state index contributed by atoms with van der Waals surface area (Å²) in [5.74, 6) is -1.23. The minimum absolute atomic E-state index is 0.243. The van der Waals surface area contributed by atoms with Crippen molar-refractivity contribution in [3.05, 3.63) is 29.8 Å². The zero-order valence-electron chi connectivity index (χ0n) is 8.41. The Hall–Kier alpha value is -1.44. The predicted molar refractivity (Wildman–Crippen MR) is 55.4 cm³/mol. The summed E-state index contributed by atoms with van der Waals surface area (Å²) >= 11 is 0. The van der Waals surface area contributed by atoms with Gasteiger partial charge in [0, 0.05) is 0 Å². The van der Waals surface area contributed by atoms with Crippen LogP contribution < -0.4 is 5.73 Å². The molecule has 7 heteroatoms. The maximum absolute atomic E-state index is 10.8. The van der Waals surface area contributed by atoms with Crippen molar-refractivity contribution in [2.24, 2.45) is 5.73 Å². The van der Waals surface area contributed by atoms with Gasteiger partial charge in [0.1, 0.15) is 5.54 Å². The average molecular weight is 245 g/mol. The van der Waals surface area contributed by atoms with Gasteiger partial charge in [-0.15, -0.1) is 0 Å². The minimum Gasteiger partial charge on any atom is -0.480 e. The van der Waals surface area contributed by atoms with Crippen LogP contribution in [0.15, 0.2) is 29.2 Å². The Labute approximate surface area is 92.5 Å². The van der Waals surface area contributed by atoms with Gasteiger partial charge in [-0.2, -0.15) is 8.42 Å². The van der Waals surface area contributed by atoms with Crippen molar-refractivity contribution in [2.75, 3.05) is 0 Å². The summed E-state index contributed by atoms with van der Waals surface area (Å²) in [4.78, 5) is 10.5. The number of nitrogens with two attached hydrogens (primary N) is 1. The maximum atomic E-state index is 10.8. The van der Waals surface area contributed by atoms with Gasteiger partial charge < -0.3 is 10.8 Å². The molecule has 0 fully saturated rings. The molecule has 0 amide bonds. The Balaban J connectivity index is 3.19. The van der Waals surface area contributed by atoms with Crippen LogP contribution in [0.1, 0.15) is 12.5 Å². The maximum Gasteiger partial charge on any atom is 0.328 e. The zero-order valence-corrected chi connectivity index (χ0v) is 9.23. The van der Waals surface area contributed by atoms with Crippen molar-refractivity contribution in [3.8, 4) is 0 Å². The van der Waals surface area contributed by atoms with Crippen molar-refractivity contribution < 1.29 is 22.9 Å². The summed E-state index contributed by atoms with van der Waals surface area (Å²) < 4.78 is 30.2. The fraction of sp³-hybridized carbons (Fsp3) is 0.222. The Morgan fingerprint density at radius 1 is 1.31 bits per heavy atom. The second-order valence-corrected chi connectivity index (χ2v) is 4.93. The number of carboxylic acids is 1. The van der Waals surface area contributed by atoms with Crippen LogP contribution in [0, 0.1) is 0 Å². The lowest BCUT2D eigenvalue weighted by Gasteiger charge is -2.19. The predicted octanol–water partition coefficient (Wildman–Crippen LogP) is 0.192. The van der Waals surface area contributed by atoms with Crippen molar-refractivity contribution in [1.82, 2.24) is 0 Å². The van der Waals surface area contributed by atoms with Crippen LogP contribution in [-0.4, -0.2) is 24.0 Å². The fourth-order valence-corrected chi connectivity index (χ4v) is 1.58. The lowest BCUT2D eigenvalue weighted by atomic mass is 9.94. The quantitative estimate of drug-likeness (QED) is 0.654. The van der Waals surface area contributed by atoms with Crippen molar-refractivity contribution >= 4 is 16.1 Å². The number of aliphatic carboxylic acids is 1. The number of hydrogen-bond acceptors (Lipinski definition) is 4. The molecule has 0 bridgehead atoms. The van der Waals surface area contributed by atoms with E-state index in [-0.39, 0.29) is 10.5 Å². The van der Waals surface area contributed by atoms with E-state index < -0.39 is 21.6 Å². The third kappa shape index (κ3) is 2.38. The van der Waals surface area contributed by atoms with Gasteiger partial charge >= 0.3 is 5.97 Å². The highest BCUT2D eigenvalue weighted by atomic mass is 32.2. The van der Waals surface area contributed by atoms with Gasteiger partial charge in [0.2, 0.25) is 0 Å². The Morgan fingerprint density at radius 2 is 1.75 bits per heavy atom. The molecule has 1 atom stereocenters. The van der Waals surface area contributed by atoms with E-state index in [9.17, 15) is 13.2 Å². The molecule has 6 nitrogen and oxygen atoms in total. The molecular weight excluding hydrogens is 234 g/mol. The van der Waals surface area contributed by atoms with Crippen molar-refractivity contribution in [1.29, 1.82) is 0 Å². The fourth-order valence-electron chi connectivity index (χ4n) is 1.10. The first-order chi connectivity index (χ1) is 7.15. The number of hydrogen-bond donors (Lipinski definition) is 3. The lowest BCUT2D eigenvalue weighted by Crippen LogP contribution is -2.41. The molecular formula is C9H11NO5S. The number of benzene rings is 1. The summed E-state index contributed by atoms with van der Waals surface area (Å²) in [7, 11) is -4.27. The molecule has 0 saturated carbocycles. The van der Waals surface area contributed by atoms with E-state index in [1.165, 1.54) is 19.1 Å². The van der Waals surface area contributed by atoms with Crippen molar-refractivity contribution in [3.63, 3.8) is 0 Å². The second-order valence-electron chi connectivity index (χ2n) is 3.51. The molecule has 0 aliphatic heterocycles. The molecule has 0 aliphatic rings. The van der Waals surface area contributed by atoms with E-state index in [0.717, 1.165) is 12.1 Å². The standard InChI is InChI=1S/C9H11NO5S/c1-9(10,8(11)12)6-2-4-7(5-3-6)16(13,14)15/h2-5H,10H2,1H3,(H,11,12)(H,13,14,15)/t9-/m1/s1. The van der Waals surface area contributed by atoms with Crippen LogP contribution in [0.4, 0.5) is 0 Å². The van der Waals surface area contributed by atoms with Gasteiger partial charge in [0.05, 0.1) is 4.90 Å². The number of carboxylic acid groups (broad SMARTS) is 1. The highest BCUT2D eigenvalue weighted by Crippen LogP contribution is 2.20. The van der Waals surface area contributed by atoms with E-state index in [1.54, 1.807) is 0 Å². The van der Waals surface area contributed by atoms with Gasteiger partial charge in [-0.1, -0.05) is 12.1 Å². The van der Waals surface area contributed by atoms with Gasteiger partial charge in [0.25, 0.3) is 10.1 Å². The third-order valence-electron chi connectivity index (χ3n) is 2.20. The summed E-state index contributed by atoms with van der Waals surface area (Å²) in [6.45, 7) is 1.29. The van der Waals surface area contributed by atoms with Crippen LogP contribution in [-0.2, 0) is 20.5 Å². The SMILES string of the molecule is C[C@](N)(C(=O)O)c1ccc(S(=O)(=O)O)cc1. The average Bonchev–Trinajstić information content (AvgIpc) is 2.16. The summed E-state index contributed by atoms with van der Waals surface area (Å²) in [6, 6.07) is 4.69. The molecule has 4 N–H and O–H groups in total. The smallest absolute Gasteiger partial charge is 0.328 e. The second kappa shape index (κ2) is 3.85. The molecule has 1 aromatic carbocycles. The Morgan fingerprint density at radius 3 is 2.06 bits per heavy atom. The molecule has 0 unspecified atom stereocenters. The molecule has 0 saturated heterocycles. The molecule has 16 heavy (non-hydrogen) atoms. The first-order valence-electron chi connectivity index (χ1n) is 4.26. The Kier molecular flexibility index (Phi) is 3.04. The van der Waals surface area contributed by atoms with E-state index in [0.29, 0.717) is 0 Å². The highest BCUT2D eigenvalue weighted by Gasteiger charge is 2.30. The van der Waals surface area contributed by atoms with Crippen LogP contribution in [0.25, 0.3) is 0 Å². The number of carbonyl (C=O) groups is 1. The van der Waals surface area contributed by atoms with E-state index in [4.69, 9.17) is 15.4 Å². The Bertz CT molecular complexity index is 503. The van der Waals surface area contributed by atoms with Crippen LogP contribution in [0.2, 0.25) is 0 Å². The van der Waals surface area contributed by atoms with E-state index >= 15 is 0 Å². The zero-order chi connectivity index (χ0) is 12.6. The van der Waals surface area contributed by atoms with Gasteiger partial charge in [-0.25, -0.2) is 4.79 Å². The van der Waals surface area contributed by atoms with Crippen LogP contribution in [0.5, 0.6) is 0 Å². The van der Waals surface area contributed by atoms with E-state index in [1.807, 2.05) is 0 Å². The highest BCUT2D eigenvalue weighted by molar-refractivity contribution is 7.85. The first kappa shape index (κ1) is 12.6. The molecule has 0 aliphatic carbocycles. The minimum atomic E-state index is -4.27. The number of rotatable bonds is 3. The van der Waals surface area contributed by atoms with Gasteiger partial charge in [0.15, 0.2) is 0 Å². The summed E-state index contributed by atoms with van der Waals surface area (Å²) in [6.07, 6.45) is 0. The summed E-state index contributed by atoms with van der Waals surface area (Å²) in [5.41, 5.74) is 4.17. The van der Waals surface area contributed by atoms with Crippen molar-refractivity contribution in [2.45, 2.75) is 17.4 Å². The normalized spacial score (nSPS) is 15.4. The summed E-state index contributed by atoms with van der Waals surface area (Å²) in [5, 5.41) is 8.83. The van der Waals surface area contributed by atoms with Crippen LogP contribution >= 0.6 is 0 Å². The first-order valence-corrected chi connectivity index (χ1v) is 5.70. The monoisotopic (exact) mass is 245 g/mol. The lowest BCUT2D eigenvalue weighted by molar-refractivity contribution is -0.143. The van der Waals surface area contributed by atoms with E-state index in [2.05, 4.69) is 0 Å². The molecule has 0 radical (unpaired) electrons. The molecule has 0 aromatic heterocycles. The third-order valence-corrected chi connectivity index (χ3v) is 3.06. The molecule has 88 valence electrons. The van der Waals surface area contributed by atoms with Gasteiger partial charge in [-0.05, 0) is 24.6 Å². The molecule has 0 spiro atoms. The topological polar surface area (TPSA) is 118 Å². The molecule has 1 rings (SSSR count). The largest absolute Gasteiger partial charge is 0.480 e. The molecule has 1 aromatic rings.